The van der Waals surface area contributed by atoms with Gasteiger partial charge in [-0.3, -0.25) is 0 Å². The van der Waals surface area contributed by atoms with Crippen molar-refractivity contribution < 1.29 is 9.15 Å². The molecule has 4 heteroatoms. The van der Waals surface area contributed by atoms with E-state index < -0.39 is 0 Å². The van der Waals surface area contributed by atoms with Crippen LogP contribution in [-0.4, -0.2) is 32.3 Å². The molecule has 0 aromatic carbocycles. The van der Waals surface area contributed by atoms with Crippen molar-refractivity contribution in [3.8, 4) is 0 Å². The molecule has 1 aromatic rings. The summed E-state index contributed by atoms with van der Waals surface area (Å²) in [5, 5.41) is 6.71. The molecule has 0 bridgehead atoms. The van der Waals surface area contributed by atoms with Crippen LogP contribution in [0.5, 0.6) is 0 Å². The number of hydrogen-bond acceptors (Lipinski definition) is 4. The molecular weight excluding hydrogens is 204 g/mol. The van der Waals surface area contributed by atoms with Gasteiger partial charge in [0.25, 0.3) is 0 Å². The normalized spacial score (nSPS) is 20.4. The Morgan fingerprint density at radius 2 is 2.25 bits per heavy atom. The van der Waals surface area contributed by atoms with Gasteiger partial charge < -0.3 is 19.8 Å². The number of hydrogen-bond donors (Lipinski definition) is 2. The number of nitrogens with one attached hydrogen (secondary N) is 2. The van der Waals surface area contributed by atoms with Crippen molar-refractivity contribution in [2.24, 2.45) is 0 Å². The molecule has 1 aliphatic heterocycles. The van der Waals surface area contributed by atoms with E-state index in [-0.39, 0.29) is 0 Å². The minimum absolute atomic E-state index is 0.435. The highest BCUT2D eigenvalue weighted by molar-refractivity contribution is 4.97. The van der Waals surface area contributed by atoms with Crippen LogP contribution in [0, 0.1) is 0 Å². The maximum atomic E-state index is 5.52. The molecular formula is C12H20N2O2. The molecule has 0 saturated carbocycles. The lowest BCUT2D eigenvalue weighted by Crippen LogP contribution is -2.32. The first-order valence-electron chi connectivity index (χ1n) is 6.00. The zero-order valence-corrected chi connectivity index (χ0v) is 9.58. The van der Waals surface area contributed by atoms with Crippen LogP contribution in [0.3, 0.4) is 0 Å². The van der Waals surface area contributed by atoms with Gasteiger partial charge >= 0.3 is 0 Å². The van der Waals surface area contributed by atoms with E-state index in [4.69, 9.17) is 9.15 Å². The highest BCUT2D eigenvalue weighted by Gasteiger charge is 2.13. The molecule has 1 aliphatic rings. The maximum absolute atomic E-state index is 5.52. The number of rotatable bonds is 7. The Kier molecular flexibility index (Phi) is 4.86. The van der Waals surface area contributed by atoms with E-state index in [1.807, 2.05) is 12.1 Å². The summed E-state index contributed by atoms with van der Waals surface area (Å²) in [6, 6.07) is 3.89. The zero-order valence-electron chi connectivity index (χ0n) is 9.58. The molecule has 90 valence electrons. The van der Waals surface area contributed by atoms with Gasteiger partial charge in [-0.15, -0.1) is 0 Å². The molecule has 2 rings (SSSR count). The predicted molar refractivity (Wildman–Crippen MR) is 62.3 cm³/mol. The van der Waals surface area contributed by atoms with E-state index in [1.165, 1.54) is 12.8 Å². The summed E-state index contributed by atoms with van der Waals surface area (Å²) in [6.45, 7) is 4.63. The Labute approximate surface area is 96.4 Å². The topological polar surface area (TPSA) is 46.4 Å². The van der Waals surface area contributed by atoms with Crippen LogP contribution in [0.1, 0.15) is 18.6 Å². The standard InChI is InChI=1S/C12H20N2O2/c1-3-11(15-7-1)9-13-5-6-14-10-12-4-2-8-16-12/h1,3,7,12-14H,2,4-6,8-10H2. The van der Waals surface area contributed by atoms with Gasteiger partial charge in [-0.05, 0) is 25.0 Å². The van der Waals surface area contributed by atoms with Gasteiger partial charge in [0.1, 0.15) is 5.76 Å². The minimum atomic E-state index is 0.435. The van der Waals surface area contributed by atoms with Gasteiger partial charge in [0.2, 0.25) is 0 Å². The number of ether oxygens (including phenoxy) is 1. The molecule has 1 saturated heterocycles. The fourth-order valence-corrected chi connectivity index (χ4v) is 1.87. The first kappa shape index (κ1) is 11.6. The van der Waals surface area contributed by atoms with Gasteiger partial charge in [0, 0.05) is 26.2 Å². The molecule has 0 aliphatic carbocycles. The highest BCUT2D eigenvalue weighted by atomic mass is 16.5. The average molecular weight is 224 g/mol. The van der Waals surface area contributed by atoms with Crippen molar-refractivity contribution >= 4 is 0 Å². The molecule has 0 radical (unpaired) electrons. The molecule has 1 aromatic heterocycles. The molecule has 1 atom stereocenters. The third kappa shape index (κ3) is 3.96. The number of furan rings is 1. The minimum Gasteiger partial charge on any atom is -0.468 e. The van der Waals surface area contributed by atoms with Crippen molar-refractivity contribution in [1.29, 1.82) is 0 Å². The Balaban J connectivity index is 1.43. The molecule has 0 amide bonds. The van der Waals surface area contributed by atoms with Gasteiger partial charge in [-0.2, -0.15) is 0 Å². The van der Waals surface area contributed by atoms with Gasteiger partial charge in [-0.25, -0.2) is 0 Å². The maximum Gasteiger partial charge on any atom is 0.117 e. The van der Waals surface area contributed by atoms with Crippen LogP contribution in [0.25, 0.3) is 0 Å². The van der Waals surface area contributed by atoms with Crippen molar-refractivity contribution in [3.63, 3.8) is 0 Å². The van der Waals surface area contributed by atoms with Crippen LogP contribution in [-0.2, 0) is 11.3 Å². The second kappa shape index (κ2) is 6.68. The molecule has 1 unspecified atom stereocenters. The lowest BCUT2D eigenvalue weighted by Gasteiger charge is -2.10. The third-order valence-electron chi connectivity index (χ3n) is 2.75. The molecule has 16 heavy (non-hydrogen) atoms. The summed E-state index contributed by atoms with van der Waals surface area (Å²) < 4.78 is 10.7. The summed E-state index contributed by atoms with van der Waals surface area (Å²) in [5.74, 6) is 0.985. The van der Waals surface area contributed by atoms with E-state index in [2.05, 4.69) is 10.6 Å². The lowest BCUT2D eigenvalue weighted by molar-refractivity contribution is 0.110. The summed E-state index contributed by atoms with van der Waals surface area (Å²) >= 11 is 0. The lowest BCUT2D eigenvalue weighted by atomic mass is 10.2. The molecule has 1 fully saturated rings. The van der Waals surface area contributed by atoms with Crippen LogP contribution in [0.4, 0.5) is 0 Å². The first-order valence-corrected chi connectivity index (χ1v) is 6.00. The Morgan fingerprint density at radius 1 is 1.31 bits per heavy atom. The van der Waals surface area contributed by atoms with Gasteiger partial charge in [-0.1, -0.05) is 0 Å². The molecule has 0 spiro atoms. The summed E-state index contributed by atoms with van der Waals surface area (Å²) in [7, 11) is 0. The second-order valence-electron chi connectivity index (χ2n) is 4.10. The zero-order chi connectivity index (χ0) is 11.1. The van der Waals surface area contributed by atoms with Crippen LogP contribution in [0.2, 0.25) is 0 Å². The van der Waals surface area contributed by atoms with Gasteiger partial charge in [0.15, 0.2) is 0 Å². The smallest absolute Gasteiger partial charge is 0.117 e. The molecule has 2 N–H and O–H groups in total. The Bertz CT molecular complexity index is 269. The fraction of sp³-hybridized carbons (Fsp3) is 0.667. The monoisotopic (exact) mass is 224 g/mol. The van der Waals surface area contributed by atoms with Crippen LogP contribution >= 0.6 is 0 Å². The van der Waals surface area contributed by atoms with Crippen molar-refractivity contribution in [2.75, 3.05) is 26.2 Å². The van der Waals surface area contributed by atoms with Crippen molar-refractivity contribution in [3.05, 3.63) is 24.2 Å². The summed E-state index contributed by atoms with van der Waals surface area (Å²) in [5.41, 5.74) is 0. The quantitative estimate of drug-likeness (QED) is 0.682. The fourth-order valence-electron chi connectivity index (χ4n) is 1.87. The first-order chi connectivity index (χ1) is 7.95. The van der Waals surface area contributed by atoms with E-state index >= 15 is 0 Å². The third-order valence-corrected chi connectivity index (χ3v) is 2.75. The van der Waals surface area contributed by atoms with E-state index in [0.29, 0.717) is 6.10 Å². The van der Waals surface area contributed by atoms with Crippen molar-refractivity contribution in [1.82, 2.24) is 10.6 Å². The van der Waals surface area contributed by atoms with Crippen LogP contribution in [0.15, 0.2) is 22.8 Å². The highest BCUT2D eigenvalue weighted by Crippen LogP contribution is 2.10. The summed E-state index contributed by atoms with van der Waals surface area (Å²) in [4.78, 5) is 0. The molecule has 4 nitrogen and oxygen atoms in total. The SMILES string of the molecule is c1coc(CNCCNCC2CCCO2)c1. The Hall–Kier alpha value is -0.840. The molecule has 2 heterocycles. The largest absolute Gasteiger partial charge is 0.468 e. The van der Waals surface area contributed by atoms with Crippen LogP contribution < -0.4 is 10.6 Å². The van der Waals surface area contributed by atoms with Crippen molar-refractivity contribution in [2.45, 2.75) is 25.5 Å². The van der Waals surface area contributed by atoms with Gasteiger partial charge in [0.05, 0.1) is 18.9 Å². The second-order valence-corrected chi connectivity index (χ2v) is 4.10. The Morgan fingerprint density at radius 3 is 3.00 bits per heavy atom. The van der Waals surface area contributed by atoms with E-state index in [1.54, 1.807) is 6.26 Å². The predicted octanol–water partition coefficient (Wildman–Crippen LogP) is 1.14. The average Bonchev–Trinajstić information content (AvgIpc) is 2.96. The van der Waals surface area contributed by atoms with E-state index in [0.717, 1.165) is 38.5 Å². The summed E-state index contributed by atoms with van der Waals surface area (Å²) in [6.07, 6.45) is 4.55. The van der Waals surface area contributed by atoms with E-state index in [9.17, 15) is 0 Å².